The summed E-state index contributed by atoms with van der Waals surface area (Å²) in [5.74, 6) is -1.69. The van der Waals surface area contributed by atoms with Crippen LogP contribution in [0.3, 0.4) is 0 Å². The highest BCUT2D eigenvalue weighted by Gasteiger charge is 2.25. The summed E-state index contributed by atoms with van der Waals surface area (Å²) in [6.07, 6.45) is 0. The molecular formula is C16H15BrN2O4S. The first-order valence-electron chi connectivity index (χ1n) is 7.03. The molecule has 1 heterocycles. The molecule has 0 saturated carbocycles. The lowest BCUT2D eigenvalue weighted by molar-refractivity contribution is 0.0531. The fourth-order valence-electron chi connectivity index (χ4n) is 2.11. The lowest BCUT2D eigenvalue weighted by Crippen LogP contribution is -2.17. The van der Waals surface area contributed by atoms with Gasteiger partial charge in [-0.3, -0.25) is 9.59 Å². The Morgan fingerprint density at radius 2 is 1.96 bits per heavy atom. The minimum atomic E-state index is -0.721. The van der Waals surface area contributed by atoms with E-state index < -0.39 is 17.8 Å². The van der Waals surface area contributed by atoms with Crippen molar-refractivity contribution in [2.24, 2.45) is 5.73 Å². The zero-order chi connectivity index (χ0) is 17.9. The predicted molar refractivity (Wildman–Crippen MR) is 95.6 cm³/mol. The molecular weight excluding hydrogens is 396 g/mol. The molecule has 2 amide bonds. The molecule has 1 aromatic carbocycles. The van der Waals surface area contributed by atoms with Crippen LogP contribution in [0.2, 0.25) is 0 Å². The Bertz CT molecular complexity index is 816. The van der Waals surface area contributed by atoms with Crippen LogP contribution in [0.15, 0.2) is 28.7 Å². The van der Waals surface area contributed by atoms with Gasteiger partial charge in [0.25, 0.3) is 11.8 Å². The summed E-state index contributed by atoms with van der Waals surface area (Å²) >= 11 is 4.27. The molecule has 0 fully saturated rings. The van der Waals surface area contributed by atoms with Gasteiger partial charge in [-0.25, -0.2) is 4.79 Å². The van der Waals surface area contributed by atoms with Crippen molar-refractivity contribution in [1.82, 2.24) is 0 Å². The highest BCUT2D eigenvalue weighted by atomic mass is 79.9. The third-order valence-corrected chi connectivity index (χ3v) is 5.08. The smallest absolute Gasteiger partial charge is 0.348 e. The van der Waals surface area contributed by atoms with E-state index in [9.17, 15) is 14.4 Å². The molecule has 3 N–H and O–H groups in total. The fraction of sp³-hybridized carbons (Fsp3) is 0.188. The van der Waals surface area contributed by atoms with Gasteiger partial charge in [0.2, 0.25) is 0 Å². The van der Waals surface area contributed by atoms with E-state index in [1.807, 2.05) is 0 Å². The lowest BCUT2D eigenvalue weighted by Gasteiger charge is -2.06. The second-order valence-corrected chi connectivity index (χ2v) is 6.65. The van der Waals surface area contributed by atoms with Gasteiger partial charge in [0.05, 0.1) is 17.7 Å². The average molecular weight is 411 g/mol. The van der Waals surface area contributed by atoms with Gasteiger partial charge in [-0.2, -0.15) is 0 Å². The molecule has 0 aliphatic carbocycles. The van der Waals surface area contributed by atoms with Crippen molar-refractivity contribution < 1.29 is 19.1 Å². The van der Waals surface area contributed by atoms with Crippen LogP contribution >= 0.6 is 27.3 Å². The van der Waals surface area contributed by atoms with Crippen LogP contribution in [0.4, 0.5) is 5.00 Å². The third kappa shape index (κ3) is 3.65. The van der Waals surface area contributed by atoms with E-state index in [2.05, 4.69) is 21.2 Å². The van der Waals surface area contributed by atoms with Crippen molar-refractivity contribution >= 4 is 50.1 Å². The Morgan fingerprint density at radius 1 is 1.29 bits per heavy atom. The largest absolute Gasteiger partial charge is 0.462 e. The number of carbonyl (C=O) groups is 3. The molecule has 0 saturated heterocycles. The molecule has 0 spiro atoms. The van der Waals surface area contributed by atoms with Crippen LogP contribution in [0, 0.1) is 6.92 Å². The molecule has 2 aromatic rings. The molecule has 0 bridgehead atoms. The van der Waals surface area contributed by atoms with Gasteiger partial charge >= 0.3 is 5.97 Å². The molecule has 0 aliphatic rings. The second kappa shape index (κ2) is 7.59. The lowest BCUT2D eigenvalue weighted by atomic mass is 10.1. The number of esters is 1. The van der Waals surface area contributed by atoms with E-state index in [4.69, 9.17) is 10.5 Å². The number of carbonyl (C=O) groups excluding carboxylic acids is 3. The molecule has 0 aliphatic heterocycles. The van der Waals surface area contributed by atoms with E-state index >= 15 is 0 Å². The number of amides is 2. The zero-order valence-corrected chi connectivity index (χ0v) is 15.4. The number of hydrogen-bond acceptors (Lipinski definition) is 5. The number of benzene rings is 1. The molecule has 8 heteroatoms. The SMILES string of the molecule is CCOC(=O)c1sc(NC(=O)c2ccccc2Br)c(C(N)=O)c1C. The number of nitrogens with one attached hydrogen (secondary N) is 1. The van der Waals surface area contributed by atoms with Gasteiger partial charge in [0.1, 0.15) is 9.88 Å². The Morgan fingerprint density at radius 3 is 2.54 bits per heavy atom. The fourth-order valence-corrected chi connectivity index (χ4v) is 3.67. The maximum Gasteiger partial charge on any atom is 0.348 e. The summed E-state index contributed by atoms with van der Waals surface area (Å²) in [6.45, 7) is 3.49. The summed E-state index contributed by atoms with van der Waals surface area (Å²) < 4.78 is 5.58. The number of ether oxygens (including phenoxy) is 1. The summed E-state index contributed by atoms with van der Waals surface area (Å²) in [6, 6.07) is 6.87. The zero-order valence-electron chi connectivity index (χ0n) is 13.0. The Balaban J connectivity index is 2.41. The number of anilines is 1. The van der Waals surface area contributed by atoms with E-state index in [1.54, 1.807) is 38.1 Å². The van der Waals surface area contributed by atoms with Crippen molar-refractivity contribution in [1.29, 1.82) is 0 Å². The number of hydrogen-bond donors (Lipinski definition) is 2. The molecule has 0 atom stereocenters. The molecule has 2 rings (SSSR count). The summed E-state index contributed by atoms with van der Waals surface area (Å²) in [4.78, 5) is 36.4. The first-order chi connectivity index (χ1) is 11.4. The second-order valence-electron chi connectivity index (χ2n) is 4.78. The number of nitrogens with two attached hydrogens (primary N) is 1. The Hall–Kier alpha value is -2.19. The molecule has 126 valence electrons. The van der Waals surface area contributed by atoms with Crippen molar-refractivity contribution in [3.63, 3.8) is 0 Å². The monoisotopic (exact) mass is 410 g/mol. The van der Waals surface area contributed by atoms with Crippen molar-refractivity contribution in [3.05, 3.63) is 50.3 Å². The number of rotatable bonds is 5. The quantitative estimate of drug-likeness (QED) is 0.738. The maximum atomic E-state index is 12.4. The first kappa shape index (κ1) is 18.2. The van der Waals surface area contributed by atoms with Crippen molar-refractivity contribution in [2.75, 3.05) is 11.9 Å². The summed E-state index contributed by atoms with van der Waals surface area (Å²) in [5, 5.41) is 2.87. The van der Waals surface area contributed by atoms with Gasteiger partial charge in [-0.05, 0) is 47.5 Å². The van der Waals surface area contributed by atoms with Crippen LogP contribution in [0.25, 0.3) is 0 Å². The van der Waals surface area contributed by atoms with Gasteiger partial charge < -0.3 is 15.8 Å². The van der Waals surface area contributed by atoms with Crippen LogP contribution in [0.5, 0.6) is 0 Å². The minimum absolute atomic E-state index is 0.114. The minimum Gasteiger partial charge on any atom is -0.462 e. The topological polar surface area (TPSA) is 98.5 Å². The standard InChI is InChI=1S/C16H15BrN2O4S/c1-3-23-16(22)12-8(2)11(13(18)20)15(24-12)19-14(21)9-6-4-5-7-10(9)17/h4-7H,3H2,1-2H3,(H2,18,20)(H,19,21). The average Bonchev–Trinajstić information content (AvgIpc) is 2.84. The summed E-state index contributed by atoms with van der Waals surface area (Å²) in [7, 11) is 0. The van der Waals surface area contributed by atoms with Gasteiger partial charge in [-0.1, -0.05) is 12.1 Å². The van der Waals surface area contributed by atoms with Crippen LogP contribution < -0.4 is 11.1 Å². The molecule has 1 aromatic heterocycles. The normalized spacial score (nSPS) is 10.3. The number of thiophene rings is 1. The molecule has 0 radical (unpaired) electrons. The van der Waals surface area contributed by atoms with Crippen LogP contribution in [-0.4, -0.2) is 24.4 Å². The van der Waals surface area contributed by atoms with Crippen molar-refractivity contribution in [2.45, 2.75) is 13.8 Å². The van der Waals surface area contributed by atoms with Gasteiger partial charge in [-0.15, -0.1) is 11.3 Å². The van der Waals surface area contributed by atoms with E-state index in [1.165, 1.54) is 0 Å². The Labute approximate surface area is 151 Å². The van der Waals surface area contributed by atoms with Crippen LogP contribution in [0.1, 0.15) is 42.9 Å². The molecule has 0 unspecified atom stereocenters. The predicted octanol–water partition coefficient (Wildman–Crippen LogP) is 3.35. The highest BCUT2D eigenvalue weighted by Crippen LogP contribution is 2.34. The molecule has 24 heavy (non-hydrogen) atoms. The van der Waals surface area contributed by atoms with Crippen LogP contribution in [-0.2, 0) is 4.74 Å². The van der Waals surface area contributed by atoms with Gasteiger partial charge in [0, 0.05) is 4.47 Å². The summed E-state index contributed by atoms with van der Waals surface area (Å²) in [5.41, 5.74) is 6.31. The van der Waals surface area contributed by atoms with Crippen molar-refractivity contribution in [3.8, 4) is 0 Å². The van der Waals surface area contributed by atoms with Gasteiger partial charge in [0.15, 0.2) is 0 Å². The Kier molecular flexibility index (Phi) is 5.74. The van der Waals surface area contributed by atoms with E-state index in [0.29, 0.717) is 15.6 Å². The maximum absolute atomic E-state index is 12.4. The highest BCUT2D eigenvalue weighted by molar-refractivity contribution is 9.10. The third-order valence-electron chi connectivity index (χ3n) is 3.20. The van der Waals surface area contributed by atoms with E-state index in [-0.39, 0.29) is 22.0 Å². The first-order valence-corrected chi connectivity index (χ1v) is 8.64. The van der Waals surface area contributed by atoms with E-state index in [0.717, 1.165) is 11.3 Å². The number of primary amides is 1. The molecule has 6 nitrogen and oxygen atoms in total. The number of halogens is 1.